The number of nitrogens with two attached hydrogens (primary N) is 1. The maximum atomic E-state index is 5.76. The van der Waals surface area contributed by atoms with E-state index in [1.807, 2.05) is 18.2 Å². The number of benzene rings is 1. The predicted molar refractivity (Wildman–Crippen MR) is 89.6 cm³/mol. The van der Waals surface area contributed by atoms with Crippen LogP contribution in [0.2, 0.25) is 0 Å². The molecule has 0 aliphatic rings. The zero-order valence-corrected chi connectivity index (χ0v) is 13.0. The summed E-state index contributed by atoms with van der Waals surface area (Å²) < 4.78 is 1.14. The summed E-state index contributed by atoms with van der Waals surface area (Å²) in [6, 6.07) is 10.4. The first-order valence-electron chi connectivity index (χ1n) is 6.94. The third-order valence-corrected chi connectivity index (χ3v) is 4.35. The van der Waals surface area contributed by atoms with E-state index >= 15 is 0 Å². The van der Waals surface area contributed by atoms with Crippen LogP contribution in [-0.2, 0) is 6.54 Å². The Balaban J connectivity index is 1.98. The van der Waals surface area contributed by atoms with Crippen molar-refractivity contribution in [2.24, 2.45) is 0 Å². The number of aromatic nitrogens is 2. The van der Waals surface area contributed by atoms with Gasteiger partial charge in [0.15, 0.2) is 5.82 Å². The van der Waals surface area contributed by atoms with Crippen molar-refractivity contribution in [3.05, 3.63) is 47.6 Å². The van der Waals surface area contributed by atoms with Crippen LogP contribution >= 0.6 is 11.3 Å². The molecule has 0 saturated carbocycles. The van der Waals surface area contributed by atoms with Crippen molar-refractivity contribution >= 4 is 33.1 Å². The van der Waals surface area contributed by atoms with Gasteiger partial charge in [0.2, 0.25) is 0 Å². The molecule has 2 heterocycles. The van der Waals surface area contributed by atoms with Crippen molar-refractivity contribution in [1.82, 2.24) is 9.97 Å². The Morgan fingerprint density at radius 3 is 2.62 bits per heavy atom. The fraction of sp³-hybridized carbons (Fsp3) is 0.250. The molecule has 0 spiro atoms. The van der Waals surface area contributed by atoms with E-state index in [0.717, 1.165) is 28.3 Å². The zero-order valence-electron chi connectivity index (χ0n) is 12.2. The van der Waals surface area contributed by atoms with Crippen LogP contribution in [0.25, 0.3) is 10.2 Å². The number of nitrogens with zero attached hydrogens (tertiary/aromatic N) is 3. The number of nitrogen functional groups attached to an aromatic ring is 1. The van der Waals surface area contributed by atoms with E-state index in [1.54, 1.807) is 17.7 Å². The van der Waals surface area contributed by atoms with Gasteiger partial charge in [0.25, 0.3) is 0 Å². The summed E-state index contributed by atoms with van der Waals surface area (Å²) in [5.74, 6) is 1.00. The molecule has 0 unspecified atom stereocenters. The molecule has 0 radical (unpaired) electrons. The molecule has 0 bridgehead atoms. The average Bonchev–Trinajstić information content (AvgIpc) is 2.95. The van der Waals surface area contributed by atoms with Crippen LogP contribution in [0, 0.1) is 0 Å². The zero-order chi connectivity index (χ0) is 14.8. The molecular formula is C16H18N4S. The van der Waals surface area contributed by atoms with Crippen LogP contribution in [0.3, 0.4) is 0 Å². The second-order valence-corrected chi connectivity index (χ2v) is 6.21. The number of anilines is 2. The highest BCUT2D eigenvalue weighted by Gasteiger charge is 2.16. The first-order valence-corrected chi connectivity index (χ1v) is 7.82. The van der Waals surface area contributed by atoms with Crippen molar-refractivity contribution in [2.75, 3.05) is 10.6 Å². The molecule has 4 nitrogen and oxygen atoms in total. The Morgan fingerprint density at radius 1 is 1.14 bits per heavy atom. The van der Waals surface area contributed by atoms with Gasteiger partial charge in [0.1, 0.15) is 6.33 Å². The van der Waals surface area contributed by atoms with E-state index in [2.05, 4.69) is 46.2 Å². The van der Waals surface area contributed by atoms with E-state index in [4.69, 9.17) is 5.73 Å². The number of thiophene rings is 1. The lowest BCUT2D eigenvalue weighted by atomic mass is 10.1. The molecule has 1 aromatic carbocycles. The summed E-state index contributed by atoms with van der Waals surface area (Å²) in [7, 11) is 0. The summed E-state index contributed by atoms with van der Waals surface area (Å²) in [5, 5.41) is 2.06. The SMILES string of the molecule is CC(C)N(Cc1ccc(N)cc1)c1ncnc2ccsc12. The van der Waals surface area contributed by atoms with Crippen molar-refractivity contribution in [3.63, 3.8) is 0 Å². The molecule has 0 saturated heterocycles. The van der Waals surface area contributed by atoms with Crippen molar-refractivity contribution in [3.8, 4) is 0 Å². The van der Waals surface area contributed by atoms with E-state index < -0.39 is 0 Å². The lowest BCUT2D eigenvalue weighted by Gasteiger charge is -2.28. The molecule has 0 fully saturated rings. The Kier molecular flexibility index (Phi) is 3.75. The quantitative estimate of drug-likeness (QED) is 0.746. The Labute approximate surface area is 128 Å². The lowest BCUT2D eigenvalue weighted by Crippen LogP contribution is -2.31. The van der Waals surface area contributed by atoms with Crippen LogP contribution < -0.4 is 10.6 Å². The van der Waals surface area contributed by atoms with Crippen molar-refractivity contribution in [1.29, 1.82) is 0 Å². The Bertz CT molecular complexity index is 733. The van der Waals surface area contributed by atoms with Gasteiger partial charge in [0.05, 0.1) is 10.2 Å². The molecule has 3 aromatic rings. The highest BCUT2D eigenvalue weighted by Crippen LogP contribution is 2.30. The molecular weight excluding hydrogens is 280 g/mol. The minimum Gasteiger partial charge on any atom is -0.399 e. The van der Waals surface area contributed by atoms with Crippen molar-refractivity contribution < 1.29 is 0 Å². The third kappa shape index (κ3) is 2.83. The van der Waals surface area contributed by atoms with Crippen LogP contribution in [0.5, 0.6) is 0 Å². The number of hydrogen-bond acceptors (Lipinski definition) is 5. The minimum atomic E-state index is 0.350. The molecule has 5 heteroatoms. The fourth-order valence-corrected chi connectivity index (χ4v) is 3.15. The van der Waals surface area contributed by atoms with Crippen LogP contribution in [-0.4, -0.2) is 16.0 Å². The van der Waals surface area contributed by atoms with Crippen molar-refractivity contribution in [2.45, 2.75) is 26.4 Å². The average molecular weight is 298 g/mol. The highest BCUT2D eigenvalue weighted by atomic mass is 32.1. The maximum Gasteiger partial charge on any atom is 0.150 e. The van der Waals surface area contributed by atoms with Gasteiger partial charge in [0, 0.05) is 18.3 Å². The van der Waals surface area contributed by atoms with E-state index in [9.17, 15) is 0 Å². The monoisotopic (exact) mass is 298 g/mol. The van der Waals surface area contributed by atoms with Gasteiger partial charge in [-0.1, -0.05) is 12.1 Å². The summed E-state index contributed by atoms with van der Waals surface area (Å²) in [5.41, 5.74) is 8.78. The predicted octanol–water partition coefficient (Wildman–Crippen LogP) is 3.69. The molecule has 108 valence electrons. The maximum absolute atomic E-state index is 5.76. The van der Waals surface area contributed by atoms with E-state index in [1.165, 1.54) is 5.56 Å². The lowest BCUT2D eigenvalue weighted by molar-refractivity contribution is 0.675. The molecule has 0 amide bonds. The smallest absolute Gasteiger partial charge is 0.150 e. The molecule has 0 aliphatic heterocycles. The topological polar surface area (TPSA) is 55.0 Å². The van der Waals surface area contributed by atoms with Gasteiger partial charge < -0.3 is 10.6 Å². The van der Waals surface area contributed by atoms with E-state index in [0.29, 0.717) is 6.04 Å². The van der Waals surface area contributed by atoms with E-state index in [-0.39, 0.29) is 0 Å². The molecule has 2 N–H and O–H groups in total. The first kappa shape index (κ1) is 13.8. The highest BCUT2D eigenvalue weighted by molar-refractivity contribution is 7.17. The van der Waals surface area contributed by atoms with Gasteiger partial charge in [-0.25, -0.2) is 9.97 Å². The Morgan fingerprint density at radius 2 is 1.90 bits per heavy atom. The van der Waals surface area contributed by atoms with Crippen LogP contribution in [0.4, 0.5) is 11.5 Å². The third-order valence-electron chi connectivity index (χ3n) is 3.45. The van der Waals surface area contributed by atoms with Crippen LogP contribution in [0.15, 0.2) is 42.0 Å². The first-order chi connectivity index (χ1) is 10.1. The van der Waals surface area contributed by atoms with Gasteiger partial charge in [-0.3, -0.25) is 0 Å². The molecule has 21 heavy (non-hydrogen) atoms. The molecule has 0 aliphatic carbocycles. The molecule has 0 atom stereocenters. The van der Waals surface area contributed by atoms with Gasteiger partial charge in [-0.15, -0.1) is 11.3 Å². The fourth-order valence-electron chi connectivity index (χ4n) is 2.30. The normalized spacial score (nSPS) is 11.2. The second-order valence-electron chi connectivity index (χ2n) is 5.30. The van der Waals surface area contributed by atoms with Gasteiger partial charge in [-0.05, 0) is 43.0 Å². The number of hydrogen-bond donors (Lipinski definition) is 1. The molecule has 2 aromatic heterocycles. The number of fused-ring (bicyclic) bond motifs is 1. The van der Waals surface area contributed by atoms with Crippen LogP contribution in [0.1, 0.15) is 19.4 Å². The Hall–Kier alpha value is -2.14. The standard InChI is InChI=1S/C16H18N4S/c1-11(2)20(9-12-3-5-13(17)6-4-12)16-15-14(7-8-21-15)18-10-19-16/h3-8,10-11H,9,17H2,1-2H3. The summed E-state index contributed by atoms with van der Waals surface area (Å²) >= 11 is 1.69. The number of rotatable bonds is 4. The largest absolute Gasteiger partial charge is 0.399 e. The second kappa shape index (κ2) is 5.69. The summed E-state index contributed by atoms with van der Waals surface area (Å²) in [6.45, 7) is 5.17. The summed E-state index contributed by atoms with van der Waals surface area (Å²) in [4.78, 5) is 11.1. The minimum absolute atomic E-state index is 0.350. The van der Waals surface area contributed by atoms with Gasteiger partial charge >= 0.3 is 0 Å². The van der Waals surface area contributed by atoms with Gasteiger partial charge in [-0.2, -0.15) is 0 Å². The summed E-state index contributed by atoms with van der Waals surface area (Å²) in [6.07, 6.45) is 1.64. The molecule has 3 rings (SSSR count).